The van der Waals surface area contributed by atoms with Gasteiger partial charge in [-0.2, -0.15) is 0 Å². The summed E-state index contributed by atoms with van der Waals surface area (Å²) in [7, 11) is -3.91. The second-order valence-electron chi connectivity index (χ2n) is 8.08. The van der Waals surface area contributed by atoms with Gasteiger partial charge in [-0.1, -0.05) is 61.9 Å². The fourth-order valence-corrected chi connectivity index (χ4v) is 5.45. The molecule has 33 heavy (non-hydrogen) atoms. The van der Waals surface area contributed by atoms with Gasteiger partial charge in [0, 0.05) is 17.2 Å². The molecule has 1 amide bonds. The van der Waals surface area contributed by atoms with E-state index >= 15 is 0 Å². The molecular formula is C26H30N2O3S2. The van der Waals surface area contributed by atoms with Gasteiger partial charge < -0.3 is 5.32 Å². The number of carbonyl (C=O) groups is 1. The standard InChI is InChI=1S/C26H30N2O3S2/c1-20(2)22-11-13-23(14-12-22)28(33(30,31)25-15-9-21(3)10-16-25)19-26(29)27-17-18-32-24-7-5-4-6-8-24/h4-16,20H,17-19H2,1-3H3,(H,27,29). The van der Waals surface area contributed by atoms with Crippen molar-refractivity contribution in [2.45, 2.75) is 36.5 Å². The van der Waals surface area contributed by atoms with E-state index in [1.807, 2.05) is 49.4 Å². The minimum Gasteiger partial charge on any atom is -0.354 e. The molecule has 7 heteroatoms. The first-order chi connectivity index (χ1) is 15.8. The Balaban J connectivity index is 1.75. The molecule has 3 aromatic rings. The number of hydrogen-bond donors (Lipinski definition) is 1. The van der Waals surface area contributed by atoms with Crippen molar-refractivity contribution in [1.82, 2.24) is 5.32 Å². The number of sulfonamides is 1. The third-order valence-electron chi connectivity index (χ3n) is 5.18. The molecule has 0 spiro atoms. The molecule has 0 aliphatic rings. The Morgan fingerprint density at radius 1 is 0.939 bits per heavy atom. The molecule has 5 nitrogen and oxygen atoms in total. The predicted molar refractivity (Wildman–Crippen MR) is 136 cm³/mol. The van der Waals surface area contributed by atoms with Gasteiger partial charge in [-0.15, -0.1) is 11.8 Å². The maximum Gasteiger partial charge on any atom is 0.264 e. The third-order valence-corrected chi connectivity index (χ3v) is 7.98. The molecule has 0 aromatic heterocycles. The molecule has 3 rings (SSSR count). The van der Waals surface area contributed by atoms with Crippen LogP contribution in [0.2, 0.25) is 0 Å². The normalized spacial score (nSPS) is 11.4. The van der Waals surface area contributed by atoms with Crippen LogP contribution in [-0.2, 0) is 14.8 Å². The molecule has 1 N–H and O–H groups in total. The highest BCUT2D eigenvalue weighted by atomic mass is 32.2. The van der Waals surface area contributed by atoms with Crippen molar-refractivity contribution in [2.24, 2.45) is 0 Å². The average Bonchev–Trinajstić information content (AvgIpc) is 2.81. The molecule has 0 bridgehead atoms. The Hall–Kier alpha value is -2.77. The van der Waals surface area contributed by atoms with Crippen molar-refractivity contribution >= 4 is 33.4 Å². The molecule has 0 aliphatic heterocycles. The lowest BCUT2D eigenvalue weighted by molar-refractivity contribution is -0.119. The van der Waals surface area contributed by atoms with Gasteiger partial charge in [0.25, 0.3) is 10.0 Å². The molecule has 0 fully saturated rings. The van der Waals surface area contributed by atoms with E-state index in [9.17, 15) is 13.2 Å². The van der Waals surface area contributed by atoms with Crippen LogP contribution >= 0.6 is 11.8 Å². The van der Waals surface area contributed by atoms with Crippen molar-refractivity contribution < 1.29 is 13.2 Å². The second-order valence-corrected chi connectivity index (χ2v) is 11.1. The number of benzene rings is 3. The van der Waals surface area contributed by atoms with Crippen molar-refractivity contribution in [3.05, 3.63) is 90.0 Å². The molecule has 0 unspecified atom stereocenters. The van der Waals surface area contributed by atoms with Gasteiger partial charge in [-0.3, -0.25) is 9.10 Å². The Morgan fingerprint density at radius 3 is 2.18 bits per heavy atom. The highest BCUT2D eigenvalue weighted by molar-refractivity contribution is 7.99. The van der Waals surface area contributed by atoms with Gasteiger partial charge in [-0.25, -0.2) is 8.42 Å². The number of nitrogens with one attached hydrogen (secondary N) is 1. The van der Waals surface area contributed by atoms with E-state index in [-0.39, 0.29) is 17.3 Å². The Bertz CT molecular complexity index is 1140. The van der Waals surface area contributed by atoms with Crippen LogP contribution in [0.3, 0.4) is 0 Å². The Kier molecular flexibility index (Phi) is 8.58. The summed E-state index contributed by atoms with van der Waals surface area (Å²) in [5.41, 5.74) is 2.54. The predicted octanol–water partition coefficient (Wildman–Crippen LogP) is 5.22. The SMILES string of the molecule is Cc1ccc(S(=O)(=O)N(CC(=O)NCCSc2ccccc2)c2ccc(C(C)C)cc2)cc1. The molecule has 0 heterocycles. The van der Waals surface area contributed by atoms with Crippen molar-refractivity contribution in [2.75, 3.05) is 23.1 Å². The zero-order valence-electron chi connectivity index (χ0n) is 19.2. The van der Waals surface area contributed by atoms with E-state index in [1.165, 1.54) is 4.31 Å². The second kappa shape index (κ2) is 11.4. The molecule has 0 saturated heterocycles. The van der Waals surface area contributed by atoms with Crippen LogP contribution in [0.4, 0.5) is 5.69 Å². The first kappa shape index (κ1) is 24.9. The zero-order valence-corrected chi connectivity index (χ0v) is 20.8. The number of nitrogens with zero attached hydrogens (tertiary/aromatic N) is 1. The van der Waals surface area contributed by atoms with Gasteiger partial charge in [-0.05, 0) is 54.8 Å². The molecule has 174 valence electrons. The van der Waals surface area contributed by atoms with Crippen molar-refractivity contribution in [1.29, 1.82) is 0 Å². The summed E-state index contributed by atoms with van der Waals surface area (Å²) in [5, 5.41) is 2.85. The van der Waals surface area contributed by atoms with E-state index in [0.29, 0.717) is 23.9 Å². The number of rotatable bonds is 10. The summed E-state index contributed by atoms with van der Waals surface area (Å²) >= 11 is 1.64. The third kappa shape index (κ3) is 6.85. The lowest BCUT2D eigenvalue weighted by Gasteiger charge is -2.24. The number of hydrogen-bond acceptors (Lipinski definition) is 4. The summed E-state index contributed by atoms with van der Waals surface area (Å²) < 4.78 is 28.1. The highest BCUT2D eigenvalue weighted by Gasteiger charge is 2.27. The van der Waals surface area contributed by atoms with Gasteiger partial charge in [0.15, 0.2) is 0 Å². The summed E-state index contributed by atoms with van der Waals surface area (Å²) in [5.74, 6) is 0.683. The van der Waals surface area contributed by atoms with E-state index in [2.05, 4.69) is 19.2 Å². The zero-order chi connectivity index (χ0) is 23.8. The first-order valence-electron chi connectivity index (χ1n) is 10.9. The number of anilines is 1. The largest absolute Gasteiger partial charge is 0.354 e. The molecule has 0 atom stereocenters. The topological polar surface area (TPSA) is 66.5 Å². The van der Waals surface area contributed by atoms with E-state index < -0.39 is 10.0 Å². The average molecular weight is 483 g/mol. The van der Waals surface area contributed by atoms with Crippen LogP contribution in [0.15, 0.2) is 88.7 Å². The molecule has 0 saturated carbocycles. The number of carbonyl (C=O) groups excluding carboxylic acids is 1. The maximum atomic E-state index is 13.5. The van der Waals surface area contributed by atoms with E-state index in [4.69, 9.17) is 0 Å². The fraction of sp³-hybridized carbons (Fsp3) is 0.269. The van der Waals surface area contributed by atoms with Crippen LogP contribution in [0, 0.1) is 6.92 Å². The molecule has 0 radical (unpaired) electrons. The minimum absolute atomic E-state index is 0.161. The number of thioether (sulfide) groups is 1. The number of amides is 1. The molecule has 3 aromatic carbocycles. The minimum atomic E-state index is -3.91. The molecular weight excluding hydrogens is 452 g/mol. The van der Waals surface area contributed by atoms with Gasteiger partial charge in [0.2, 0.25) is 5.91 Å². The van der Waals surface area contributed by atoms with Crippen LogP contribution < -0.4 is 9.62 Å². The fourth-order valence-electron chi connectivity index (χ4n) is 3.24. The van der Waals surface area contributed by atoms with Crippen LogP contribution in [-0.4, -0.2) is 33.2 Å². The first-order valence-corrected chi connectivity index (χ1v) is 13.3. The monoisotopic (exact) mass is 482 g/mol. The lowest BCUT2D eigenvalue weighted by Crippen LogP contribution is -2.41. The van der Waals surface area contributed by atoms with Gasteiger partial charge in [0.05, 0.1) is 10.6 Å². The van der Waals surface area contributed by atoms with Crippen molar-refractivity contribution in [3.8, 4) is 0 Å². The van der Waals surface area contributed by atoms with Crippen LogP contribution in [0.25, 0.3) is 0 Å². The summed E-state index contributed by atoms with van der Waals surface area (Å²) in [6.07, 6.45) is 0. The van der Waals surface area contributed by atoms with Gasteiger partial charge >= 0.3 is 0 Å². The molecule has 0 aliphatic carbocycles. The van der Waals surface area contributed by atoms with E-state index in [0.717, 1.165) is 16.0 Å². The summed E-state index contributed by atoms with van der Waals surface area (Å²) in [6, 6.07) is 24.0. The van der Waals surface area contributed by atoms with Crippen molar-refractivity contribution in [3.63, 3.8) is 0 Å². The Morgan fingerprint density at radius 2 is 1.58 bits per heavy atom. The summed E-state index contributed by atoms with van der Waals surface area (Å²) in [4.78, 5) is 14.0. The smallest absolute Gasteiger partial charge is 0.264 e. The highest BCUT2D eigenvalue weighted by Crippen LogP contribution is 2.26. The van der Waals surface area contributed by atoms with Gasteiger partial charge in [0.1, 0.15) is 6.54 Å². The quantitative estimate of drug-likeness (QED) is 0.318. The van der Waals surface area contributed by atoms with E-state index in [1.54, 1.807) is 48.2 Å². The van der Waals surface area contributed by atoms with Crippen LogP contribution in [0.5, 0.6) is 0 Å². The summed E-state index contributed by atoms with van der Waals surface area (Å²) in [6.45, 7) is 6.23. The van der Waals surface area contributed by atoms with Crippen LogP contribution in [0.1, 0.15) is 30.9 Å². The Labute approximate surface area is 201 Å². The number of aryl methyl sites for hydroxylation is 1. The maximum absolute atomic E-state index is 13.5. The lowest BCUT2D eigenvalue weighted by atomic mass is 10.0.